The largest absolute Gasteiger partial charge is 0.493 e. The van der Waals surface area contributed by atoms with Crippen molar-refractivity contribution in [2.45, 2.75) is 58.8 Å². The summed E-state index contributed by atoms with van der Waals surface area (Å²) in [5.41, 5.74) is 6.64. The Bertz CT molecular complexity index is 2100. The van der Waals surface area contributed by atoms with Crippen LogP contribution in [0.25, 0.3) is 0 Å². The van der Waals surface area contributed by atoms with Gasteiger partial charge in [0.2, 0.25) is 23.3 Å². The number of carbonyl (C=O) groups is 4. The molecule has 0 aromatic heterocycles. The minimum absolute atomic E-state index is 0.180. The molecule has 0 bridgehead atoms. The summed E-state index contributed by atoms with van der Waals surface area (Å²) < 4.78 is 54.7. The Labute approximate surface area is 378 Å². The van der Waals surface area contributed by atoms with E-state index >= 15 is 0 Å². The predicted molar refractivity (Wildman–Crippen MR) is 241 cm³/mol. The summed E-state index contributed by atoms with van der Waals surface area (Å²) in [6.45, 7) is 4.22. The SMILES string of the molecule is CCOc1cc(C=NNC(=O)CCCCCCCC(=O)NN=Cc2ccc(OC(=O)c3cc(OC)c(OC)c(OC)c3)c(OCC)c2)ccc1OC(=O)c1cc(OC)c(OC)c(OC)c1. The van der Waals surface area contributed by atoms with Crippen molar-refractivity contribution in [2.24, 2.45) is 10.2 Å². The zero-order valence-corrected chi connectivity index (χ0v) is 37.9. The summed E-state index contributed by atoms with van der Waals surface area (Å²) in [6, 6.07) is 15.7. The summed E-state index contributed by atoms with van der Waals surface area (Å²) >= 11 is 0. The number of hydrazone groups is 2. The molecule has 0 saturated carbocycles. The topological polar surface area (TPSA) is 209 Å². The predicted octanol–water partition coefficient (Wildman–Crippen LogP) is 7.31. The van der Waals surface area contributed by atoms with E-state index in [1.807, 2.05) is 0 Å². The minimum atomic E-state index is -0.664. The highest BCUT2D eigenvalue weighted by atomic mass is 16.6. The maximum Gasteiger partial charge on any atom is 0.343 e. The van der Waals surface area contributed by atoms with Crippen LogP contribution in [0.1, 0.15) is 90.6 Å². The third-order valence-electron chi connectivity index (χ3n) is 9.35. The van der Waals surface area contributed by atoms with Crippen LogP contribution in [-0.2, 0) is 9.59 Å². The van der Waals surface area contributed by atoms with Crippen molar-refractivity contribution in [1.82, 2.24) is 10.9 Å². The first-order chi connectivity index (χ1) is 31.5. The van der Waals surface area contributed by atoms with Crippen LogP contribution in [0.15, 0.2) is 70.9 Å². The molecule has 0 aliphatic carbocycles. The Morgan fingerprint density at radius 3 is 1.14 bits per heavy atom. The van der Waals surface area contributed by atoms with Gasteiger partial charge in [-0.3, -0.25) is 9.59 Å². The molecule has 0 atom stereocenters. The number of benzene rings is 4. The maximum atomic E-state index is 13.1. The molecule has 0 heterocycles. The zero-order valence-electron chi connectivity index (χ0n) is 37.9. The lowest BCUT2D eigenvalue weighted by molar-refractivity contribution is -0.121. The standard InChI is InChI=1S/C47H56N4O14/c1-9-62-36-22-30(18-20-34(36)64-46(54)32-24-38(56-3)44(60-7)39(25-32)57-4)28-48-50-42(52)16-14-12-11-13-15-17-43(53)51-49-29-31-19-21-35(37(23-31)63-10-2)65-47(55)33-26-40(58-5)45(61-8)41(27-33)59-6/h18-29H,9-17H2,1-8H3,(H,50,52)(H,51,53). The van der Waals surface area contributed by atoms with Gasteiger partial charge in [-0.1, -0.05) is 19.3 Å². The lowest BCUT2D eigenvalue weighted by atomic mass is 10.1. The third kappa shape index (κ3) is 14.8. The van der Waals surface area contributed by atoms with Crippen molar-refractivity contribution in [3.05, 3.63) is 82.9 Å². The molecule has 65 heavy (non-hydrogen) atoms. The van der Waals surface area contributed by atoms with Gasteiger partial charge < -0.3 is 47.4 Å². The molecule has 18 heteroatoms. The Hall–Kier alpha value is -7.50. The van der Waals surface area contributed by atoms with Gasteiger partial charge in [0.25, 0.3) is 0 Å². The quantitative estimate of drug-likeness (QED) is 0.0208. The van der Waals surface area contributed by atoms with Crippen LogP contribution in [0.2, 0.25) is 0 Å². The molecule has 0 aliphatic heterocycles. The lowest BCUT2D eigenvalue weighted by Crippen LogP contribution is -2.17. The Kier molecular flexibility index (Phi) is 20.2. The lowest BCUT2D eigenvalue weighted by Gasteiger charge is -2.15. The highest BCUT2D eigenvalue weighted by molar-refractivity contribution is 5.94. The van der Waals surface area contributed by atoms with Crippen molar-refractivity contribution in [1.29, 1.82) is 0 Å². The first-order valence-corrected chi connectivity index (χ1v) is 20.7. The minimum Gasteiger partial charge on any atom is -0.493 e. The molecular weight excluding hydrogens is 845 g/mol. The van der Waals surface area contributed by atoms with Crippen LogP contribution in [0.4, 0.5) is 0 Å². The van der Waals surface area contributed by atoms with E-state index in [1.54, 1.807) is 50.2 Å². The van der Waals surface area contributed by atoms with Crippen molar-refractivity contribution in [2.75, 3.05) is 55.9 Å². The molecule has 0 spiro atoms. The smallest absolute Gasteiger partial charge is 0.343 e. The monoisotopic (exact) mass is 900 g/mol. The number of amides is 2. The summed E-state index contributed by atoms with van der Waals surface area (Å²) in [5.74, 6) is 1.10. The van der Waals surface area contributed by atoms with Crippen molar-refractivity contribution < 1.29 is 66.5 Å². The Morgan fingerprint density at radius 2 is 0.815 bits per heavy atom. The second-order valence-corrected chi connectivity index (χ2v) is 13.7. The number of hydrogen-bond acceptors (Lipinski definition) is 16. The summed E-state index contributed by atoms with van der Waals surface area (Å²) in [7, 11) is 8.74. The van der Waals surface area contributed by atoms with Crippen LogP contribution in [0, 0.1) is 0 Å². The van der Waals surface area contributed by atoms with Crippen molar-refractivity contribution in [3.63, 3.8) is 0 Å². The highest BCUT2D eigenvalue weighted by Crippen LogP contribution is 2.40. The van der Waals surface area contributed by atoms with E-state index in [0.717, 1.165) is 19.3 Å². The Morgan fingerprint density at radius 1 is 0.462 bits per heavy atom. The summed E-state index contributed by atoms with van der Waals surface area (Å²) in [4.78, 5) is 51.0. The number of hydrogen-bond donors (Lipinski definition) is 2. The fourth-order valence-corrected chi connectivity index (χ4v) is 6.20. The molecule has 0 aliphatic rings. The van der Waals surface area contributed by atoms with Gasteiger partial charge in [-0.15, -0.1) is 0 Å². The van der Waals surface area contributed by atoms with Crippen molar-refractivity contribution >= 4 is 36.2 Å². The van der Waals surface area contributed by atoms with Crippen LogP contribution in [0.3, 0.4) is 0 Å². The molecule has 0 fully saturated rings. The molecule has 0 unspecified atom stereocenters. The van der Waals surface area contributed by atoms with Gasteiger partial charge in [-0.05, 0) is 98.5 Å². The maximum absolute atomic E-state index is 13.1. The van der Waals surface area contributed by atoms with Gasteiger partial charge in [-0.2, -0.15) is 10.2 Å². The summed E-state index contributed by atoms with van der Waals surface area (Å²) in [5, 5.41) is 8.12. The average Bonchev–Trinajstić information content (AvgIpc) is 3.31. The number of carbonyl (C=O) groups excluding carboxylic acids is 4. The number of unbranched alkanes of at least 4 members (excludes halogenated alkanes) is 4. The molecule has 18 nitrogen and oxygen atoms in total. The molecule has 2 amide bonds. The third-order valence-corrected chi connectivity index (χ3v) is 9.35. The number of nitrogens with zero attached hydrogens (tertiary/aromatic N) is 2. The second kappa shape index (κ2) is 26.2. The number of rotatable bonds is 26. The van der Waals surface area contributed by atoms with E-state index in [4.69, 9.17) is 47.4 Å². The van der Waals surface area contributed by atoms with Crippen LogP contribution in [0.5, 0.6) is 57.5 Å². The van der Waals surface area contributed by atoms with E-state index in [1.165, 1.54) is 79.4 Å². The van der Waals surface area contributed by atoms with E-state index in [9.17, 15) is 19.2 Å². The molecule has 2 N–H and O–H groups in total. The molecule has 0 saturated heterocycles. The van der Waals surface area contributed by atoms with E-state index in [-0.39, 0.29) is 47.3 Å². The fourth-order valence-electron chi connectivity index (χ4n) is 6.20. The zero-order chi connectivity index (χ0) is 47.1. The van der Waals surface area contributed by atoms with Crippen LogP contribution < -0.4 is 58.2 Å². The molecule has 0 radical (unpaired) electrons. The molecule has 348 valence electrons. The number of nitrogens with one attached hydrogen (secondary N) is 2. The molecule has 4 rings (SSSR count). The van der Waals surface area contributed by atoms with E-state index in [0.29, 0.717) is 83.2 Å². The first kappa shape index (κ1) is 50.1. The average molecular weight is 901 g/mol. The normalized spacial score (nSPS) is 10.8. The number of esters is 2. The van der Waals surface area contributed by atoms with Gasteiger partial charge in [0.15, 0.2) is 46.0 Å². The highest BCUT2D eigenvalue weighted by Gasteiger charge is 2.22. The summed E-state index contributed by atoms with van der Waals surface area (Å²) in [6.07, 6.45) is 7.28. The Balaban J connectivity index is 1.16. The number of ether oxygens (including phenoxy) is 10. The molecule has 4 aromatic carbocycles. The van der Waals surface area contributed by atoms with Gasteiger partial charge in [0, 0.05) is 12.8 Å². The van der Waals surface area contributed by atoms with Crippen LogP contribution >= 0.6 is 0 Å². The fraction of sp³-hybridized carbons (Fsp3) is 0.362. The van der Waals surface area contributed by atoms with Crippen LogP contribution in [-0.4, -0.2) is 92.1 Å². The van der Waals surface area contributed by atoms with Gasteiger partial charge in [-0.25, -0.2) is 20.4 Å². The first-order valence-electron chi connectivity index (χ1n) is 20.7. The van der Waals surface area contributed by atoms with Gasteiger partial charge in [0.1, 0.15) is 0 Å². The van der Waals surface area contributed by atoms with Gasteiger partial charge >= 0.3 is 11.9 Å². The molecule has 4 aromatic rings. The van der Waals surface area contributed by atoms with Gasteiger partial charge in [0.05, 0.1) is 79.4 Å². The van der Waals surface area contributed by atoms with E-state index < -0.39 is 11.9 Å². The number of methoxy groups -OCH3 is 6. The van der Waals surface area contributed by atoms with Crippen molar-refractivity contribution in [3.8, 4) is 57.5 Å². The second-order valence-electron chi connectivity index (χ2n) is 13.7. The molecular formula is C47H56N4O14. The van der Waals surface area contributed by atoms with E-state index in [2.05, 4.69) is 21.1 Å².